The van der Waals surface area contributed by atoms with Crippen molar-refractivity contribution in [3.63, 3.8) is 0 Å². The first-order valence-electron chi connectivity index (χ1n) is 13.1. The summed E-state index contributed by atoms with van der Waals surface area (Å²) in [6, 6.07) is 0. The van der Waals surface area contributed by atoms with Crippen molar-refractivity contribution in [1.82, 2.24) is 0 Å². The van der Waals surface area contributed by atoms with E-state index in [1.807, 2.05) is 20.8 Å². The quantitative estimate of drug-likeness (QED) is 0.295. The third-order valence-electron chi connectivity index (χ3n) is 10.9. The molecule has 0 aromatic heterocycles. The summed E-state index contributed by atoms with van der Waals surface area (Å²) < 4.78 is 0. The molecule has 4 aliphatic rings. The highest BCUT2D eigenvalue weighted by molar-refractivity contribution is 6.00. The van der Waals surface area contributed by atoms with Crippen molar-refractivity contribution in [1.29, 1.82) is 0 Å². The molecule has 0 bridgehead atoms. The van der Waals surface area contributed by atoms with Crippen LogP contribution in [0.25, 0.3) is 0 Å². The molecule has 7 N–H and O–H groups in total. The molecule has 3 fully saturated rings. The fourth-order valence-electron chi connectivity index (χ4n) is 8.26. The van der Waals surface area contributed by atoms with Gasteiger partial charge in [0, 0.05) is 23.7 Å². The van der Waals surface area contributed by atoms with Crippen molar-refractivity contribution in [2.45, 2.75) is 121 Å². The summed E-state index contributed by atoms with van der Waals surface area (Å²) >= 11 is 0. The van der Waals surface area contributed by atoms with Crippen LogP contribution < -0.4 is 0 Å². The molecule has 0 saturated heterocycles. The normalized spacial score (nSPS) is 48.9. The zero-order chi connectivity index (χ0) is 26.4. The highest BCUT2D eigenvalue weighted by Crippen LogP contribution is 2.69. The van der Waals surface area contributed by atoms with Gasteiger partial charge in [0.05, 0.1) is 35.6 Å². The lowest BCUT2D eigenvalue weighted by molar-refractivity contribution is -0.212. The molecule has 35 heavy (non-hydrogen) atoms. The van der Waals surface area contributed by atoms with Crippen LogP contribution in [0.4, 0.5) is 0 Å². The van der Waals surface area contributed by atoms with E-state index in [0.29, 0.717) is 31.3 Å². The molecule has 200 valence electrons. The minimum Gasteiger partial charge on any atom is -0.393 e. The molecule has 0 spiro atoms. The van der Waals surface area contributed by atoms with E-state index in [4.69, 9.17) is 0 Å². The monoisotopic (exact) mass is 496 g/mol. The van der Waals surface area contributed by atoms with Crippen LogP contribution in [-0.2, 0) is 4.79 Å². The lowest BCUT2D eigenvalue weighted by atomic mass is 9.44. The van der Waals surface area contributed by atoms with E-state index in [9.17, 15) is 40.5 Å². The average molecular weight is 497 g/mol. The first-order chi connectivity index (χ1) is 16.0. The number of hydrogen-bond donors (Lipinski definition) is 7. The van der Waals surface area contributed by atoms with E-state index in [0.717, 1.165) is 0 Å². The smallest absolute Gasteiger partial charge is 0.187 e. The Labute approximate surface area is 207 Å². The molecule has 0 radical (unpaired) electrons. The van der Waals surface area contributed by atoms with E-state index in [1.165, 1.54) is 6.08 Å². The molecule has 0 aliphatic heterocycles. The maximum absolute atomic E-state index is 13.3. The van der Waals surface area contributed by atoms with E-state index in [-0.39, 0.29) is 31.1 Å². The molecule has 8 nitrogen and oxygen atoms in total. The van der Waals surface area contributed by atoms with Gasteiger partial charge in [-0.1, -0.05) is 27.7 Å². The van der Waals surface area contributed by atoms with Crippen LogP contribution in [-0.4, -0.2) is 82.7 Å². The number of rotatable bonds is 5. The van der Waals surface area contributed by atoms with Crippen LogP contribution in [0, 0.1) is 28.6 Å². The standard InChI is InChI=1S/C27H44O8/c1-14(2)17(28)11-21(31)25(5,33)20-7-9-26(34)16-10-22(32)27(35)13-19(30)18(29)12-24(27,4)15(16)6-8-23(20,26)3/h10,14-15,17-21,28-31,33-35H,6-9,11-13H2,1-5H3. The minimum absolute atomic E-state index is 0.0187. The molecule has 0 amide bonds. The van der Waals surface area contributed by atoms with Crippen LogP contribution in [0.15, 0.2) is 11.6 Å². The van der Waals surface area contributed by atoms with Crippen LogP contribution in [0.5, 0.6) is 0 Å². The van der Waals surface area contributed by atoms with Crippen molar-refractivity contribution in [2.75, 3.05) is 0 Å². The zero-order valence-corrected chi connectivity index (χ0v) is 21.6. The average Bonchev–Trinajstić information content (AvgIpc) is 3.03. The Kier molecular flexibility index (Phi) is 6.46. The highest BCUT2D eigenvalue weighted by atomic mass is 16.3. The third kappa shape index (κ3) is 3.55. The van der Waals surface area contributed by atoms with Gasteiger partial charge in [0.1, 0.15) is 5.60 Å². The van der Waals surface area contributed by atoms with Crippen molar-refractivity contribution < 1.29 is 40.5 Å². The maximum Gasteiger partial charge on any atom is 0.187 e. The number of ketones is 1. The van der Waals surface area contributed by atoms with Gasteiger partial charge in [-0.25, -0.2) is 0 Å². The summed E-state index contributed by atoms with van der Waals surface area (Å²) in [5.41, 5.74) is -6.19. The number of hydrogen-bond acceptors (Lipinski definition) is 8. The van der Waals surface area contributed by atoms with Gasteiger partial charge in [0.15, 0.2) is 5.78 Å². The van der Waals surface area contributed by atoms with Crippen molar-refractivity contribution in [3.05, 3.63) is 11.6 Å². The number of aliphatic hydroxyl groups is 7. The van der Waals surface area contributed by atoms with Gasteiger partial charge in [-0.05, 0) is 68.4 Å². The van der Waals surface area contributed by atoms with Gasteiger partial charge >= 0.3 is 0 Å². The second-order valence-corrected chi connectivity index (χ2v) is 13.0. The Morgan fingerprint density at radius 2 is 1.60 bits per heavy atom. The molecule has 4 rings (SSSR count). The summed E-state index contributed by atoms with van der Waals surface area (Å²) in [6.45, 7) is 8.92. The fourth-order valence-corrected chi connectivity index (χ4v) is 8.26. The Balaban J connectivity index is 1.71. The zero-order valence-electron chi connectivity index (χ0n) is 21.6. The number of carbonyl (C=O) groups is 1. The molecular weight excluding hydrogens is 452 g/mol. The van der Waals surface area contributed by atoms with Gasteiger partial charge in [0.2, 0.25) is 0 Å². The second kappa shape index (κ2) is 8.32. The largest absolute Gasteiger partial charge is 0.393 e. The van der Waals surface area contributed by atoms with Crippen molar-refractivity contribution >= 4 is 5.78 Å². The highest BCUT2D eigenvalue weighted by Gasteiger charge is 2.71. The van der Waals surface area contributed by atoms with E-state index in [2.05, 4.69) is 0 Å². The fraction of sp³-hybridized carbons (Fsp3) is 0.889. The van der Waals surface area contributed by atoms with Gasteiger partial charge in [-0.2, -0.15) is 0 Å². The van der Waals surface area contributed by atoms with Gasteiger partial charge in [-0.3, -0.25) is 4.79 Å². The predicted molar refractivity (Wildman–Crippen MR) is 128 cm³/mol. The SMILES string of the molecule is CC(C)C(O)CC(O)C(C)(O)C1CCC2(O)C3=CC(=O)C4(O)CC(O)C(O)CC4(C)C3CCC12C. The predicted octanol–water partition coefficient (Wildman–Crippen LogP) is 0.825. The van der Waals surface area contributed by atoms with E-state index < -0.39 is 63.8 Å². The maximum atomic E-state index is 13.3. The van der Waals surface area contributed by atoms with Gasteiger partial charge in [0.25, 0.3) is 0 Å². The third-order valence-corrected chi connectivity index (χ3v) is 10.9. The van der Waals surface area contributed by atoms with Crippen LogP contribution >= 0.6 is 0 Å². The summed E-state index contributed by atoms with van der Waals surface area (Å²) in [5.74, 6) is -1.50. The lowest BCUT2D eigenvalue weighted by Crippen LogP contribution is -2.69. The van der Waals surface area contributed by atoms with Gasteiger partial charge in [-0.15, -0.1) is 0 Å². The second-order valence-electron chi connectivity index (χ2n) is 13.0. The van der Waals surface area contributed by atoms with Crippen LogP contribution in [0.2, 0.25) is 0 Å². The molecule has 3 saturated carbocycles. The molecule has 8 heteroatoms. The Morgan fingerprint density at radius 1 is 1.00 bits per heavy atom. The molecular formula is C27H44O8. The topological polar surface area (TPSA) is 159 Å². The summed E-state index contributed by atoms with van der Waals surface area (Å²) in [5, 5.41) is 77.2. The number of carbonyl (C=O) groups excluding carboxylic acids is 1. The molecule has 4 aliphatic carbocycles. The minimum atomic E-state index is -1.82. The summed E-state index contributed by atoms with van der Waals surface area (Å²) in [4.78, 5) is 13.3. The van der Waals surface area contributed by atoms with E-state index in [1.54, 1.807) is 13.8 Å². The van der Waals surface area contributed by atoms with Crippen molar-refractivity contribution in [3.8, 4) is 0 Å². The van der Waals surface area contributed by atoms with Crippen molar-refractivity contribution in [2.24, 2.45) is 28.6 Å². The molecule has 11 unspecified atom stereocenters. The Hall–Kier alpha value is -0.870. The van der Waals surface area contributed by atoms with Crippen LogP contribution in [0.3, 0.4) is 0 Å². The number of aliphatic hydroxyl groups excluding tert-OH is 4. The lowest BCUT2D eigenvalue weighted by Gasteiger charge is -2.62. The van der Waals surface area contributed by atoms with Gasteiger partial charge < -0.3 is 35.7 Å². The molecule has 0 aromatic rings. The first-order valence-corrected chi connectivity index (χ1v) is 13.1. The number of fused-ring (bicyclic) bond motifs is 5. The Bertz CT molecular complexity index is 900. The summed E-state index contributed by atoms with van der Waals surface area (Å²) in [7, 11) is 0. The molecule has 0 heterocycles. The molecule has 0 aromatic carbocycles. The summed E-state index contributed by atoms with van der Waals surface area (Å²) in [6.07, 6.45) is -1.34. The van der Waals surface area contributed by atoms with Crippen LogP contribution in [0.1, 0.15) is 79.6 Å². The Morgan fingerprint density at radius 3 is 2.20 bits per heavy atom. The first kappa shape index (κ1) is 27.2. The molecule has 11 atom stereocenters. The van der Waals surface area contributed by atoms with E-state index >= 15 is 0 Å².